The minimum atomic E-state index is -1.07. The van der Waals surface area contributed by atoms with E-state index in [1.54, 1.807) is 61.5 Å². The number of carbonyl (C=O) groups is 3. The van der Waals surface area contributed by atoms with Crippen molar-refractivity contribution in [3.63, 3.8) is 0 Å². The second kappa shape index (κ2) is 10.6. The maximum absolute atomic E-state index is 13.4. The second-order valence-electron chi connectivity index (χ2n) is 8.73. The lowest BCUT2D eigenvalue weighted by Gasteiger charge is -2.26. The summed E-state index contributed by atoms with van der Waals surface area (Å²) in [6.45, 7) is 5.59. The normalized spacial score (nSPS) is 16.8. The summed E-state index contributed by atoms with van der Waals surface area (Å²) in [5.74, 6) is -2.32. The molecule has 1 aliphatic rings. The van der Waals surface area contributed by atoms with Gasteiger partial charge in [0.15, 0.2) is 0 Å². The highest BCUT2D eigenvalue weighted by Crippen LogP contribution is 2.43. The number of anilines is 1. The number of phenols is 1. The van der Waals surface area contributed by atoms with Crippen LogP contribution in [0.15, 0.2) is 78.4 Å². The van der Waals surface area contributed by atoms with E-state index in [4.69, 9.17) is 9.47 Å². The molecule has 8 heteroatoms. The number of hydrogen-bond acceptors (Lipinski definition) is 7. The molecule has 0 bridgehead atoms. The minimum Gasteiger partial charge on any atom is -0.508 e. The summed E-state index contributed by atoms with van der Waals surface area (Å²) in [6, 6.07) is 17.8. The number of rotatable bonds is 7. The van der Waals surface area contributed by atoms with Crippen LogP contribution in [-0.2, 0) is 14.3 Å². The zero-order chi connectivity index (χ0) is 26.7. The van der Waals surface area contributed by atoms with E-state index in [-0.39, 0.29) is 41.0 Å². The Morgan fingerprint density at radius 1 is 0.973 bits per heavy atom. The second-order valence-corrected chi connectivity index (χ2v) is 8.73. The van der Waals surface area contributed by atoms with Crippen LogP contribution in [0.4, 0.5) is 5.69 Å². The standard InChI is InChI=1S/C29H27NO7/c1-4-36-29(35)20-10-5-11-21(14-20)30-25(18-8-6-12-22(31)15-18)24(27(33)28(30)34)26(32)19-9-7-13-23(16-19)37-17(2)3/h5-17,25,31-32H,4H2,1-3H3/b26-24+. The van der Waals surface area contributed by atoms with Crippen molar-refractivity contribution in [1.29, 1.82) is 0 Å². The van der Waals surface area contributed by atoms with Crippen molar-refractivity contribution in [1.82, 2.24) is 0 Å². The van der Waals surface area contributed by atoms with Gasteiger partial charge in [-0.1, -0.05) is 30.3 Å². The van der Waals surface area contributed by atoms with Gasteiger partial charge < -0.3 is 19.7 Å². The van der Waals surface area contributed by atoms with Crippen LogP contribution in [0.3, 0.4) is 0 Å². The summed E-state index contributed by atoms with van der Waals surface area (Å²) in [6.07, 6.45) is -0.109. The lowest BCUT2D eigenvalue weighted by atomic mass is 9.95. The molecule has 0 aliphatic carbocycles. The fourth-order valence-electron chi connectivity index (χ4n) is 4.25. The molecule has 0 saturated carbocycles. The summed E-state index contributed by atoms with van der Waals surface area (Å²) in [5.41, 5.74) is 1.00. The van der Waals surface area contributed by atoms with Crippen molar-refractivity contribution < 1.29 is 34.1 Å². The maximum Gasteiger partial charge on any atom is 0.338 e. The SMILES string of the molecule is CCOC(=O)c1cccc(N2C(=O)C(=O)/C(=C(/O)c3cccc(OC(C)C)c3)C2c2cccc(O)c2)c1. The van der Waals surface area contributed by atoms with E-state index in [1.165, 1.54) is 23.1 Å². The van der Waals surface area contributed by atoms with Crippen molar-refractivity contribution >= 4 is 29.1 Å². The van der Waals surface area contributed by atoms with Crippen LogP contribution in [-0.4, -0.2) is 40.6 Å². The number of phenolic OH excluding ortho intramolecular Hbond substituents is 1. The third kappa shape index (κ3) is 5.18. The summed E-state index contributed by atoms with van der Waals surface area (Å²) in [5, 5.41) is 21.5. The molecule has 0 aromatic heterocycles. The maximum atomic E-state index is 13.4. The Kier molecular flexibility index (Phi) is 7.29. The fourth-order valence-corrected chi connectivity index (χ4v) is 4.25. The first-order chi connectivity index (χ1) is 17.7. The van der Waals surface area contributed by atoms with Gasteiger partial charge in [0, 0.05) is 11.3 Å². The van der Waals surface area contributed by atoms with Crippen molar-refractivity contribution in [2.75, 3.05) is 11.5 Å². The number of ketones is 1. The molecule has 190 valence electrons. The van der Waals surface area contributed by atoms with Crippen LogP contribution in [0.1, 0.15) is 48.3 Å². The van der Waals surface area contributed by atoms with Gasteiger partial charge >= 0.3 is 5.97 Å². The number of esters is 1. The molecule has 1 fully saturated rings. The molecule has 4 rings (SSSR count). The Hall–Kier alpha value is -4.59. The molecule has 1 unspecified atom stereocenters. The number of hydrogen-bond donors (Lipinski definition) is 2. The van der Waals surface area contributed by atoms with E-state index < -0.39 is 23.7 Å². The predicted molar refractivity (Wildman–Crippen MR) is 137 cm³/mol. The van der Waals surface area contributed by atoms with Crippen LogP contribution in [0.2, 0.25) is 0 Å². The van der Waals surface area contributed by atoms with Gasteiger partial charge in [0.05, 0.1) is 29.9 Å². The number of carbonyl (C=O) groups excluding carboxylic acids is 3. The third-order valence-corrected chi connectivity index (χ3v) is 5.75. The third-order valence-electron chi connectivity index (χ3n) is 5.75. The lowest BCUT2D eigenvalue weighted by Crippen LogP contribution is -2.29. The summed E-state index contributed by atoms with van der Waals surface area (Å²) < 4.78 is 10.8. The van der Waals surface area contributed by atoms with E-state index in [2.05, 4.69) is 0 Å². The van der Waals surface area contributed by atoms with E-state index >= 15 is 0 Å². The molecule has 1 atom stereocenters. The molecule has 1 aliphatic heterocycles. The minimum absolute atomic E-state index is 0.0734. The smallest absolute Gasteiger partial charge is 0.338 e. The Labute approximate surface area is 214 Å². The lowest BCUT2D eigenvalue weighted by molar-refractivity contribution is -0.132. The first kappa shape index (κ1) is 25.5. The molecule has 8 nitrogen and oxygen atoms in total. The Morgan fingerprint density at radius 2 is 1.68 bits per heavy atom. The van der Waals surface area contributed by atoms with Gasteiger partial charge in [-0.15, -0.1) is 0 Å². The number of aliphatic hydroxyl groups is 1. The van der Waals surface area contributed by atoms with Crippen LogP contribution in [0.25, 0.3) is 5.76 Å². The molecule has 37 heavy (non-hydrogen) atoms. The van der Waals surface area contributed by atoms with Crippen LogP contribution in [0, 0.1) is 0 Å². The highest BCUT2D eigenvalue weighted by Gasteiger charge is 2.47. The number of aromatic hydroxyl groups is 1. The average Bonchev–Trinajstić information content (AvgIpc) is 3.14. The molecular formula is C29H27NO7. The summed E-state index contributed by atoms with van der Waals surface area (Å²) in [7, 11) is 0. The van der Waals surface area contributed by atoms with Crippen molar-refractivity contribution in [2.24, 2.45) is 0 Å². The van der Waals surface area contributed by atoms with Gasteiger partial charge in [0.2, 0.25) is 0 Å². The van der Waals surface area contributed by atoms with Gasteiger partial charge in [-0.2, -0.15) is 0 Å². The molecule has 3 aromatic rings. The summed E-state index contributed by atoms with van der Waals surface area (Å²) in [4.78, 5) is 40.3. The number of ether oxygens (including phenoxy) is 2. The van der Waals surface area contributed by atoms with Crippen LogP contribution < -0.4 is 9.64 Å². The van der Waals surface area contributed by atoms with Gasteiger partial charge in [0.1, 0.15) is 17.3 Å². The zero-order valence-corrected chi connectivity index (χ0v) is 20.7. The Balaban J connectivity index is 1.90. The van der Waals surface area contributed by atoms with E-state index in [9.17, 15) is 24.6 Å². The van der Waals surface area contributed by atoms with Gasteiger partial charge in [-0.3, -0.25) is 14.5 Å². The van der Waals surface area contributed by atoms with Crippen molar-refractivity contribution in [3.8, 4) is 11.5 Å². The zero-order valence-electron chi connectivity index (χ0n) is 20.7. The van der Waals surface area contributed by atoms with E-state index in [1.807, 2.05) is 13.8 Å². The van der Waals surface area contributed by atoms with Gasteiger partial charge in [0.25, 0.3) is 11.7 Å². The largest absolute Gasteiger partial charge is 0.508 e. The molecular weight excluding hydrogens is 474 g/mol. The van der Waals surface area contributed by atoms with Crippen molar-refractivity contribution in [2.45, 2.75) is 32.9 Å². The first-order valence-corrected chi connectivity index (χ1v) is 11.9. The van der Waals surface area contributed by atoms with Crippen molar-refractivity contribution in [3.05, 3.63) is 95.1 Å². The molecule has 1 heterocycles. The van der Waals surface area contributed by atoms with Gasteiger partial charge in [-0.25, -0.2) is 4.79 Å². The highest BCUT2D eigenvalue weighted by molar-refractivity contribution is 6.51. The van der Waals surface area contributed by atoms with E-state index in [0.717, 1.165) is 0 Å². The summed E-state index contributed by atoms with van der Waals surface area (Å²) >= 11 is 0. The predicted octanol–water partition coefficient (Wildman–Crippen LogP) is 4.98. The van der Waals surface area contributed by atoms with Crippen LogP contribution in [0.5, 0.6) is 11.5 Å². The number of Topliss-reactive ketones (excluding diaryl/α,β-unsaturated/α-hetero) is 1. The monoisotopic (exact) mass is 501 g/mol. The Morgan fingerprint density at radius 3 is 2.38 bits per heavy atom. The molecule has 1 amide bonds. The number of benzene rings is 3. The number of amides is 1. The fraction of sp³-hybridized carbons (Fsp3) is 0.207. The Bertz CT molecular complexity index is 1390. The number of nitrogens with zero attached hydrogens (tertiary/aromatic N) is 1. The molecule has 2 N–H and O–H groups in total. The van der Waals surface area contributed by atoms with Crippen LogP contribution >= 0.6 is 0 Å². The quantitative estimate of drug-likeness (QED) is 0.203. The first-order valence-electron chi connectivity index (χ1n) is 11.9. The molecule has 0 radical (unpaired) electrons. The van der Waals surface area contributed by atoms with E-state index in [0.29, 0.717) is 16.9 Å². The topological polar surface area (TPSA) is 113 Å². The number of aliphatic hydroxyl groups excluding tert-OH is 1. The molecule has 1 saturated heterocycles. The molecule has 3 aromatic carbocycles. The highest BCUT2D eigenvalue weighted by atomic mass is 16.5. The van der Waals surface area contributed by atoms with Gasteiger partial charge in [-0.05, 0) is 68.8 Å². The molecule has 0 spiro atoms. The average molecular weight is 502 g/mol.